The quantitative estimate of drug-likeness (QED) is 0.340. The number of carbonyl (C=O) groups excluding carboxylic acids is 1. The van der Waals surface area contributed by atoms with Gasteiger partial charge in [0, 0.05) is 41.0 Å². The molecule has 1 saturated heterocycles. The van der Waals surface area contributed by atoms with Crippen LogP contribution in [0.3, 0.4) is 0 Å². The summed E-state index contributed by atoms with van der Waals surface area (Å²) >= 11 is 15.5. The Bertz CT molecular complexity index is 1380. The highest BCUT2D eigenvalue weighted by Gasteiger charge is 2.28. The molecule has 0 bridgehead atoms. The molecule has 0 atom stereocenters. The summed E-state index contributed by atoms with van der Waals surface area (Å²) < 4.78 is 41.1. The highest BCUT2D eigenvalue weighted by molar-refractivity contribution is 9.10. The van der Waals surface area contributed by atoms with E-state index in [1.807, 2.05) is 24.3 Å². The average Bonchev–Trinajstić information content (AvgIpc) is 2.86. The van der Waals surface area contributed by atoms with Gasteiger partial charge >= 0.3 is 0 Å². The normalized spacial score (nSPS) is 14.4. The van der Waals surface area contributed by atoms with Crippen molar-refractivity contribution < 1.29 is 22.7 Å². The molecule has 7 nitrogen and oxygen atoms in total. The van der Waals surface area contributed by atoms with Crippen LogP contribution in [0.25, 0.3) is 0 Å². The van der Waals surface area contributed by atoms with Crippen molar-refractivity contribution in [1.82, 2.24) is 4.90 Å². The van der Waals surface area contributed by atoms with Crippen molar-refractivity contribution >= 4 is 60.7 Å². The molecule has 36 heavy (non-hydrogen) atoms. The molecular weight excluding hydrogens is 591 g/mol. The minimum absolute atomic E-state index is 0.0122. The fourth-order valence-electron chi connectivity index (χ4n) is 3.89. The largest absolute Gasteiger partial charge is 0.495 e. The van der Waals surface area contributed by atoms with Crippen LogP contribution in [0.5, 0.6) is 11.5 Å². The second-order valence-corrected chi connectivity index (χ2v) is 11.6. The molecule has 1 fully saturated rings. The van der Waals surface area contributed by atoms with Crippen LogP contribution < -0.4 is 14.2 Å². The second kappa shape index (κ2) is 11.3. The number of ether oxygens (including phenoxy) is 2. The van der Waals surface area contributed by atoms with E-state index in [0.717, 1.165) is 10.2 Å². The van der Waals surface area contributed by atoms with Crippen molar-refractivity contribution in [2.45, 2.75) is 23.8 Å². The second-order valence-electron chi connectivity index (χ2n) is 8.16. The predicted molar refractivity (Wildman–Crippen MR) is 144 cm³/mol. The van der Waals surface area contributed by atoms with Gasteiger partial charge < -0.3 is 14.4 Å². The van der Waals surface area contributed by atoms with Gasteiger partial charge in [-0.3, -0.25) is 9.52 Å². The number of sulfonamides is 1. The first kappa shape index (κ1) is 26.6. The Morgan fingerprint density at radius 1 is 1.06 bits per heavy atom. The highest BCUT2D eigenvalue weighted by atomic mass is 79.9. The van der Waals surface area contributed by atoms with Gasteiger partial charge in [0.25, 0.3) is 15.9 Å². The third kappa shape index (κ3) is 6.26. The summed E-state index contributed by atoms with van der Waals surface area (Å²) in [6.45, 7) is 0.976. The summed E-state index contributed by atoms with van der Waals surface area (Å²) in [4.78, 5) is 14.7. The number of hydrogen-bond donors (Lipinski definition) is 1. The first-order valence-electron chi connectivity index (χ1n) is 11.0. The lowest BCUT2D eigenvalue weighted by molar-refractivity contribution is 0.0595. The maximum absolute atomic E-state index is 13.2. The molecule has 0 radical (unpaired) electrons. The lowest BCUT2D eigenvalue weighted by atomic mass is 10.1. The van der Waals surface area contributed by atoms with Gasteiger partial charge in [0.2, 0.25) is 0 Å². The molecule has 1 aliphatic rings. The number of piperidine rings is 1. The maximum Gasteiger partial charge on any atom is 0.265 e. The summed E-state index contributed by atoms with van der Waals surface area (Å²) in [6, 6.07) is 16.4. The van der Waals surface area contributed by atoms with E-state index < -0.39 is 10.0 Å². The van der Waals surface area contributed by atoms with Crippen molar-refractivity contribution in [3.63, 3.8) is 0 Å². The van der Waals surface area contributed by atoms with Crippen LogP contribution in [0.4, 0.5) is 5.69 Å². The molecule has 3 aromatic rings. The van der Waals surface area contributed by atoms with Gasteiger partial charge in [-0.25, -0.2) is 8.42 Å². The Balaban J connectivity index is 1.49. The summed E-state index contributed by atoms with van der Waals surface area (Å²) in [7, 11) is -2.78. The number of hydrogen-bond acceptors (Lipinski definition) is 5. The Hall–Kier alpha value is -2.46. The smallest absolute Gasteiger partial charge is 0.265 e. The van der Waals surface area contributed by atoms with Gasteiger partial charge in [0.05, 0.1) is 17.8 Å². The van der Waals surface area contributed by atoms with Crippen LogP contribution >= 0.6 is 39.1 Å². The molecule has 0 aliphatic carbocycles. The molecule has 0 aromatic heterocycles. The van der Waals surface area contributed by atoms with Crippen molar-refractivity contribution in [1.29, 1.82) is 0 Å². The van der Waals surface area contributed by atoms with E-state index in [2.05, 4.69) is 20.7 Å². The summed E-state index contributed by atoms with van der Waals surface area (Å²) in [5.74, 6) is 0.598. The van der Waals surface area contributed by atoms with Crippen molar-refractivity contribution in [3.05, 3.63) is 80.7 Å². The molecular formula is C25H23BrCl2N2O5S. The zero-order valence-electron chi connectivity index (χ0n) is 19.2. The number of anilines is 1. The molecule has 1 heterocycles. The van der Waals surface area contributed by atoms with Gasteiger partial charge in [0.15, 0.2) is 0 Å². The topological polar surface area (TPSA) is 84.9 Å². The van der Waals surface area contributed by atoms with Gasteiger partial charge in [-0.05, 0) is 54.6 Å². The Morgan fingerprint density at radius 2 is 1.81 bits per heavy atom. The number of benzene rings is 3. The first-order chi connectivity index (χ1) is 17.2. The lowest BCUT2D eigenvalue weighted by Gasteiger charge is -2.32. The van der Waals surface area contributed by atoms with E-state index in [-0.39, 0.29) is 38.9 Å². The van der Waals surface area contributed by atoms with Gasteiger partial charge in [-0.15, -0.1) is 0 Å². The predicted octanol–water partition coefficient (Wildman–Crippen LogP) is 6.25. The molecule has 1 N–H and O–H groups in total. The summed E-state index contributed by atoms with van der Waals surface area (Å²) in [6.07, 6.45) is 1.31. The summed E-state index contributed by atoms with van der Waals surface area (Å²) in [5.41, 5.74) is 0.357. The molecule has 11 heteroatoms. The van der Waals surface area contributed by atoms with E-state index in [1.165, 1.54) is 31.4 Å². The zero-order valence-corrected chi connectivity index (χ0v) is 23.1. The Kier molecular flexibility index (Phi) is 8.34. The van der Waals surface area contributed by atoms with Gasteiger partial charge in [-0.2, -0.15) is 0 Å². The molecule has 0 unspecified atom stereocenters. The minimum atomic E-state index is -4.14. The monoisotopic (exact) mass is 612 g/mol. The van der Waals surface area contributed by atoms with Crippen LogP contribution in [0, 0.1) is 0 Å². The summed E-state index contributed by atoms with van der Waals surface area (Å²) in [5, 5.41) is 0.502. The maximum atomic E-state index is 13.2. The minimum Gasteiger partial charge on any atom is -0.495 e. The van der Waals surface area contributed by atoms with Crippen molar-refractivity contribution in [2.24, 2.45) is 0 Å². The molecule has 3 aromatic carbocycles. The molecule has 0 spiro atoms. The number of nitrogens with one attached hydrogen (secondary N) is 1. The van der Waals surface area contributed by atoms with E-state index >= 15 is 0 Å². The SMILES string of the molecule is COc1ccc(C(=O)N2CCC(Oc3cccc(Br)c3)CC2)cc1S(=O)(=O)Nc1cc(Cl)ccc1Cl. The number of likely N-dealkylation sites (tertiary alicyclic amines) is 1. The number of nitrogens with zero attached hydrogens (tertiary/aromatic N) is 1. The van der Waals surface area contributed by atoms with Crippen LogP contribution in [0.15, 0.2) is 70.0 Å². The van der Waals surface area contributed by atoms with E-state index in [0.29, 0.717) is 31.0 Å². The number of halogens is 3. The standard InChI is InChI=1S/C25H23BrCl2N2O5S/c1-34-23-8-5-16(13-24(23)36(32,33)29-22-15-18(27)6-7-21(22)28)25(31)30-11-9-19(10-12-30)35-20-4-2-3-17(26)14-20/h2-8,13-15,19,29H,9-12H2,1H3. The third-order valence-corrected chi connectivity index (χ3v) is 8.15. The fraction of sp³-hybridized carbons (Fsp3) is 0.240. The van der Waals surface area contributed by atoms with Crippen molar-refractivity contribution in [2.75, 3.05) is 24.9 Å². The van der Waals surface area contributed by atoms with Crippen LogP contribution in [-0.2, 0) is 10.0 Å². The number of methoxy groups -OCH3 is 1. The molecule has 1 amide bonds. The van der Waals surface area contributed by atoms with E-state index in [9.17, 15) is 13.2 Å². The molecule has 190 valence electrons. The zero-order chi connectivity index (χ0) is 25.9. The number of amides is 1. The Morgan fingerprint density at radius 3 is 2.50 bits per heavy atom. The van der Waals surface area contributed by atoms with Gasteiger partial charge in [-0.1, -0.05) is 45.2 Å². The highest BCUT2D eigenvalue weighted by Crippen LogP contribution is 2.32. The van der Waals surface area contributed by atoms with E-state index in [1.54, 1.807) is 17.0 Å². The fourth-order valence-corrected chi connectivity index (χ4v) is 5.93. The van der Waals surface area contributed by atoms with Crippen LogP contribution in [-0.4, -0.2) is 45.5 Å². The number of carbonyl (C=O) groups is 1. The lowest BCUT2D eigenvalue weighted by Crippen LogP contribution is -2.41. The van der Waals surface area contributed by atoms with Crippen LogP contribution in [0.1, 0.15) is 23.2 Å². The van der Waals surface area contributed by atoms with Gasteiger partial charge in [0.1, 0.15) is 22.5 Å². The first-order valence-corrected chi connectivity index (χ1v) is 14.1. The van der Waals surface area contributed by atoms with E-state index in [4.69, 9.17) is 32.7 Å². The van der Waals surface area contributed by atoms with Crippen LogP contribution in [0.2, 0.25) is 10.0 Å². The molecule has 4 rings (SSSR count). The molecule has 0 saturated carbocycles. The third-order valence-electron chi connectivity index (χ3n) is 5.70. The number of rotatable bonds is 7. The Labute approximate surface area is 228 Å². The van der Waals surface area contributed by atoms with Crippen molar-refractivity contribution in [3.8, 4) is 11.5 Å². The average molecular weight is 614 g/mol. The molecule has 1 aliphatic heterocycles.